The minimum Gasteiger partial charge on any atom is -0.493 e. The van der Waals surface area contributed by atoms with Crippen LogP contribution >= 0.6 is 0 Å². The van der Waals surface area contributed by atoms with E-state index < -0.39 is 55.3 Å². The maximum absolute atomic E-state index is 10.3. The zero-order valence-corrected chi connectivity index (χ0v) is 17.6. The Labute approximate surface area is 185 Å². The van der Waals surface area contributed by atoms with E-state index in [1.54, 1.807) is 24.3 Å². The lowest BCUT2D eigenvalue weighted by molar-refractivity contribution is -0.289. The molecule has 0 unspecified atom stereocenters. The number of benzene rings is 1. The third kappa shape index (κ3) is 5.06. The quantitative estimate of drug-likeness (QED) is 0.228. The van der Waals surface area contributed by atoms with Crippen LogP contribution in [0.4, 0.5) is 0 Å². The number of rotatable bonds is 9. The topological polar surface area (TPSA) is 168 Å². The number of aliphatic hydroxyl groups is 6. The molecule has 11 nitrogen and oxygen atoms in total. The lowest BCUT2D eigenvalue weighted by atomic mass is 9.99. The number of allylic oxidation sites excluding steroid dienone is 1. The maximum atomic E-state index is 10.3. The minimum atomic E-state index is -1.87. The molecule has 0 aliphatic carbocycles. The summed E-state index contributed by atoms with van der Waals surface area (Å²) in [5.41, 5.74) is -0.944. The molecule has 0 radical (unpaired) electrons. The van der Waals surface area contributed by atoms with Gasteiger partial charge in [-0.25, -0.2) is 0 Å². The van der Waals surface area contributed by atoms with Crippen LogP contribution in [-0.2, 0) is 20.6 Å². The highest BCUT2D eigenvalue weighted by Crippen LogP contribution is 2.33. The van der Waals surface area contributed by atoms with Gasteiger partial charge in [-0.05, 0) is 24.1 Å². The summed E-state index contributed by atoms with van der Waals surface area (Å²) in [7, 11) is 1.45. The molecule has 11 heteroatoms. The van der Waals surface area contributed by atoms with Gasteiger partial charge in [-0.1, -0.05) is 12.1 Å². The molecule has 0 bridgehead atoms. The van der Waals surface area contributed by atoms with E-state index in [-0.39, 0.29) is 19.0 Å². The average Bonchev–Trinajstić information content (AvgIpc) is 3.08. The molecular formula is C21H30O11. The molecule has 1 aromatic rings. The van der Waals surface area contributed by atoms with Crippen molar-refractivity contribution in [2.24, 2.45) is 0 Å². The molecule has 180 valence electrons. The number of ether oxygens (including phenoxy) is 5. The van der Waals surface area contributed by atoms with Crippen molar-refractivity contribution < 1.29 is 54.3 Å². The summed E-state index contributed by atoms with van der Waals surface area (Å²) in [5, 5.41) is 60.2. The highest BCUT2D eigenvalue weighted by atomic mass is 16.7. The van der Waals surface area contributed by atoms with E-state index in [4.69, 9.17) is 23.7 Å². The Morgan fingerprint density at radius 2 is 1.88 bits per heavy atom. The molecule has 32 heavy (non-hydrogen) atoms. The molecule has 2 aliphatic heterocycles. The first-order valence-corrected chi connectivity index (χ1v) is 10.1. The highest BCUT2D eigenvalue weighted by molar-refractivity contribution is 5.43. The van der Waals surface area contributed by atoms with Crippen molar-refractivity contribution in [1.29, 1.82) is 0 Å². The number of methoxy groups -OCH3 is 1. The molecule has 3 rings (SSSR count). The summed E-state index contributed by atoms with van der Waals surface area (Å²) in [6, 6.07) is 5.13. The van der Waals surface area contributed by atoms with Crippen LogP contribution in [0.5, 0.6) is 11.5 Å². The van der Waals surface area contributed by atoms with Crippen LogP contribution in [0.25, 0.3) is 0 Å². The predicted molar refractivity (Wildman–Crippen MR) is 108 cm³/mol. The number of aliphatic hydroxyl groups excluding tert-OH is 5. The summed E-state index contributed by atoms with van der Waals surface area (Å²) >= 11 is 0. The van der Waals surface area contributed by atoms with Gasteiger partial charge < -0.3 is 54.3 Å². The molecule has 2 heterocycles. The molecule has 0 amide bonds. The predicted octanol–water partition coefficient (Wildman–Crippen LogP) is -1.93. The van der Waals surface area contributed by atoms with Crippen molar-refractivity contribution in [3.05, 3.63) is 36.4 Å². The lowest BCUT2D eigenvalue weighted by Crippen LogP contribution is -2.60. The van der Waals surface area contributed by atoms with Crippen molar-refractivity contribution in [1.82, 2.24) is 0 Å². The zero-order valence-electron chi connectivity index (χ0n) is 17.6. The Bertz CT molecular complexity index is 774. The monoisotopic (exact) mass is 458 g/mol. The van der Waals surface area contributed by atoms with Crippen LogP contribution < -0.4 is 9.47 Å². The Kier molecular flexibility index (Phi) is 8.09. The number of hydrogen-bond acceptors (Lipinski definition) is 11. The Balaban J connectivity index is 1.67. The van der Waals surface area contributed by atoms with Crippen LogP contribution in [0.2, 0.25) is 0 Å². The third-order valence-electron chi connectivity index (χ3n) is 5.52. The fourth-order valence-electron chi connectivity index (χ4n) is 3.50. The van der Waals surface area contributed by atoms with E-state index in [9.17, 15) is 30.6 Å². The van der Waals surface area contributed by atoms with Gasteiger partial charge >= 0.3 is 0 Å². The van der Waals surface area contributed by atoms with Gasteiger partial charge in [0.1, 0.15) is 36.1 Å². The molecule has 8 atom stereocenters. The Morgan fingerprint density at radius 1 is 1.12 bits per heavy atom. The largest absolute Gasteiger partial charge is 0.493 e. The molecule has 0 saturated carbocycles. The molecule has 1 aromatic carbocycles. The van der Waals surface area contributed by atoms with Crippen molar-refractivity contribution in [3.63, 3.8) is 0 Å². The van der Waals surface area contributed by atoms with Gasteiger partial charge in [-0.2, -0.15) is 0 Å². The van der Waals surface area contributed by atoms with Crippen molar-refractivity contribution in [2.75, 3.05) is 26.9 Å². The SMILES string of the molecule is C=CCc1ccc(O[C@H]2O[C@H](CO[C@H]3OC[C@](O)(CO)[C@H]3O)[C@@H](O)[C@H](O)[C@H]2O)c(OC)c1. The first-order valence-electron chi connectivity index (χ1n) is 10.1. The molecule has 2 aliphatic rings. The second-order valence-corrected chi connectivity index (χ2v) is 7.83. The van der Waals surface area contributed by atoms with Gasteiger partial charge in [-0.3, -0.25) is 0 Å². The van der Waals surface area contributed by atoms with Crippen LogP contribution in [0, 0.1) is 0 Å². The van der Waals surface area contributed by atoms with Crippen LogP contribution in [0.3, 0.4) is 0 Å². The second-order valence-electron chi connectivity index (χ2n) is 7.83. The van der Waals surface area contributed by atoms with Gasteiger partial charge in [0.15, 0.2) is 17.8 Å². The summed E-state index contributed by atoms with van der Waals surface area (Å²) in [4.78, 5) is 0. The second kappa shape index (κ2) is 10.4. The van der Waals surface area contributed by atoms with E-state index in [2.05, 4.69) is 6.58 Å². The molecule has 6 N–H and O–H groups in total. The van der Waals surface area contributed by atoms with E-state index in [1.807, 2.05) is 0 Å². The first-order chi connectivity index (χ1) is 15.2. The summed E-state index contributed by atoms with van der Waals surface area (Å²) in [5.74, 6) is 0.620. The maximum Gasteiger partial charge on any atom is 0.229 e. The minimum absolute atomic E-state index is 0.246. The smallest absolute Gasteiger partial charge is 0.229 e. The van der Waals surface area contributed by atoms with E-state index in [1.165, 1.54) is 7.11 Å². The number of hydrogen-bond donors (Lipinski definition) is 6. The van der Waals surface area contributed by atoms with Crippen LogP contribution in [0.1, 0.15) is 5.56 Å². The van der Waals surface area contributed by atoms with E-state index >= 15 is 0 Å². The first kappa shape index (κ1) is 24.8. The van der Waals surface area contributed by atoms with Crippen LogP contribution in [-0.4, -0.2) is 106 Å². The fraction of sp³-hybridized carbons (Fsp3) is 0.619. The van der Waals surface area contributed by atoms with Gasteiger partial charge in [-0.15, -0.1) is 6.58 Å². The molecule has 2 saturated heterocycles. The van der Waals surface area contributed by atoms with Crippen molar-refractivity contribution in [2.45, 2.75) is 55.1 Å². The van der Waals surface area contributed by atoms with E-state index in [0.29, 0.717) is 12.2 Å². The third-order valence-corrected chi connectivity index (χ3v) is 5.52. The van der Waals surface area contributed by atoms with Crippen LogP contribution in [0.15, 0.2) is 30.9 Å². The summed E-state index contributed by atoms with van der Waals surface area (Å²) < 4.78 is 27.2. The van der Waals surface area contributed by atoms with Gasteiger partial charge in [0.05, 0.1) is 26.9 Å². The van der Waals surface area contributed by atoms with Gasteiger partial charge in [0, 0.05) is 0 Å². The van der Waals surface area contributed by atoms with E-state index in [0.717, 1.165) is 5.56 Å². The Morgan fingerprint density at radius 3 is 2.50 bits per heavy atom. The Hall–Kier alpha value is -1.80. The van der Waals surface area contributed by atoms with Gasteiger partial charge in [0.2, 0.25) is 6.29 Å². The fourth-order valence-corrected chi connectivity index (χ4v) is 3.50. The molecule has 0 spiro atoms. The molecule has 2 fully saturated rings. The lowest BCUT2D eigenvalue weighted by Gasteiger charge is -2.40. The summed E-state index contributed by atoms with van der Waals surface area (Å²) in [6.07, 6.45) is -7.73. The normalized spacial score (nSPS) is 37.3. The highest BCUT2D eigenvalue weighted by Gasteiger charge is 2.50. The standard InChI is InChI=1S/C21H30O11/c1-3-4-11-5-6-12(13(7-11)28-2)31-19-17(25)16(24)15(23)14(32-19)8-29-20-18(26)21(27,9-22)10-30-20/h3,5-7,14-20,22-27H,1,4,8-10H2,2H3/t14-,15-,16+,17-,18+,19+,20+,21-/m1/s1. The van der Waals surface area contributed by atoms with Crippen molar-refractivity contribution in [3.8, 4) is 11.5 Å². The van der Waals surface area contributed by atoms with Gasteiger partial charge in [0.25, 0.3) is 0 Å². The molecular weight excluding hydrogens is 428 g/mol. The summed E-state index contributed by atoms with van der Waals surface area (Å²) in [6.45, 7) is 2.23. The zero-order chi connectivity index (χ0) is 23.5. The average molecular weight is 458 g/mol. The van der Waals surface area contributed by atoms with Crippen molar-refractivity contribution >= 4 is 0 Å². The molecule has 0 aromatic heterocycles.